The van der Waals surface area contributed by atoms with E-state index in [-0.39, 0.29) is 0 Å². The molecule has 0 aliphatic rings. The first kappa shape index (κ1) is 8.61. The Morgan fingerprint density at radius 3 is 1.92 bits per heavy atom. The van der Waals surface area contributed by atoms with Crippen LogP contribution in [0.25, 0.3) is 11.2 Å². The molecule has 0 spiro atoms. The molecule has 0 amide bonds. The molecule has 0 unspecified atom stereocenters. The van der Waals surface area contributed by atoms with Gasteiger partial charge in [0.15, 0.2) is 0 Å². The average Bonchev–Trinajstić information content (AvgIpc) is 2.64. The zero-order valence-electron chi connectivity index (χ0n) is 8.39. The Kier molecular flexibility index (Phi) is 2.26. The van der Waals surface area contributed by atoms with Crippen LogP contribution in [0.4, 0.5) is 0 Å². The van der Waals surface area contributed by atoms with Gasteiger partial charge in [0.2, 0.25) is 0 Å². The topological polar surface area (TPSA) is 13.1 Å². The minimum absolute atomic E-state index is 1.06. The Hall–Kier alpha value is -0.980. The number of aryl methyl sites for hydroxylation is 2. The Bertz CT molecular complexity index is 342. The van der Waals surface area contributed by atoms with Gasteiger partial charge in [0.25, 0.3) is 0 Å². The van der Waals surface area contributed by atoms with Crippen LogP contribution < -0.4 is 0 Å². The lowest BCUT2D eigenvalue weighted by atomic mass is 10.0. The number of hydrogen-bond acceptors (Lipinski definition) is 1. The third kappa shape index (κ3) is 1.43. The van der Waals surface area contributed by atoms with Crippen molar-refractivity contribution >= 4 is 11.2 Å². The average molecular weight is 176 g/mol. The van der Waals surface area contributed by atoms with Crippen LogP contribution in [0.2, 0.25) is 0 Å². The highest BCUT2D eigenvalue weighted by Crippen LogP contribution is 2.28. The molecule has 0 atom stereocenters. The van der Waals surface area contributed by atoms with Gasteiger partial charge in [-0.2, -0.15) is 0 Å². The van der Waals surface area contributed by atoms with Crippen molar-refractivity contribution in [3.63, 3.8) is 0 Å². The number of hydrogen-bond donors (Lipinski definition) is 0. The largest absolute Gasteiger partial charge is 0.457 e. The molecule has 2 bridgehead atoms. The summed E-state index contributed by atoms with van der Waals surface area (Å²) in [7, 11) is 0. The molecule has 1 nitrogen and oxygen atoms in total. The van der Waals surface area contributed by atoms with Gasteiger partial charge < -0.3 is 4.42 Å². The molecule has 0 N–H and O–H groups in total. The van der Waals surface area contributed by atoms with Crippen molar-refractivity contribution in [2.45, 2.75) is 39.5 Å². The minimum Gasteiger partial charge on any atom is -0.457 e. The molecule has 0 fully saturated rings. The summed E-state index contributed by atoms with van der Waals surface area (Å²) in [5, 5.41) is 0. The van der Waals surface area contributed by atoms with E-state index in [9.17, 15) is 0 Å². The van der Waals surface area contributed by atoms with Gasteiger partial charge in [0.05, 0.1) is 0 Å². The molecule has 70 valence electrons. The molecule has 2 aromatic rings. The summed E-state index contributed by atoms with van der Waals surface area (Å²) in [6, 6.07) is 4.36. The highest BCUT2D eigenvalue weighted by molar-refractivity contribution is 5.71. The number of furan rings is 2. The predicted octanol–water partition coefficient (Wildman–Crippen LogP) is 3.78. The zero-order valence-corrected chi connectivity index (χ0v) is 8.39. The summed E-state index contributed by atoms with van der Waals surface area (Å²) in [6.07, 6.45) is 4.70. The van der Waals surface area contributed by atoms with Crippen molar-refractivity contribution in [3.05, 3.63) is 23.3 Å². The van der Waals surface area contributed by atoms with E-state index >= 15 is 0 Å². The van der Waals surface area contributed by atoms with Crippen LogP contribution in [0.3, 0.4) is 0 Å². The predicted molar refractivity (Wildman–Crippen MR) is 55.4 cm³/mol. The normalized spacial score (nSPS) is 11.5. The van der Waals surface area contributed by atoms with Crippen molar-refractivity contribution in [1.82, 2.24) is 0 Å². The first-order valence-corrected chi connectivity index (χ1v) is 5.18. The molecule has 2 rings (SSSR count). The summed E-state index contributed by atoms with van der Waals surface area (Å²) >= 11 is 0. The van der Waals surface area contributed by atoms with E-state index in [1.54, 1.807) is 0 Å². The third-order valence-electron chi connectivity index (χ3n) is 2.47. The van der Waals surface area contributed by atoms with Gasteiger partial charge in [-0.25, -0.2) is 0 Å². The molecule has 0 radical (unpaired) electrons. The molecule has 0 aromatic carbocycles. The van der Waals surface area contributed by atoms with E-state index in [0.717, 1.165) is 18.4 Å². The van der Waals surface area contributed by atoms with Gasteiger partial charge in [-0.1, -0.05) is 26.7 Å². The van der Waals surface area contributed by atoms with Gasteiger partial charge >= 0.3 is 0 Å². The number of rotatable bonds is 4. The van der Waals surface area contributed by atoms with Gasteiger partial charge in [-0.05, 0) is 36.1 Å². The van der Waals surface area contributed by atoms with Crippen LogP contribution in [0.1, 0.15) is 37.8 Å². The van der Waals surface area contributed by atoms with Gasteiger partial charge in [-0.3, -0.25) is 0 Å². The lowest BCUT2D eigenvalue weighted by Gasteiger charge is -1.98. The van der Waals surface area contributed by atoms with Crippen LogP contribution in [-0.4, -0.2) is 0 Å². The maximum atomic E-state index is 5.65. The fourth-order valence-electron chi connectivity index (χ4n) is 1.94. The maximum absolute atomic E-state index is 5.65. The van der Waals surface area contributed by atoms with Crippen LogP contribution in [0.15, 0.2) is 16.5 Å². The molecule has 1 heteroatoms. The monoisotopic (exact) mass is 176 g/mol. The van der Waals surface area contributed by atoms with Gasteiger partial charge in [-0.15, -0.1) is 0 Å². The van der Waals surface area contributed by atoms with E-state index in [1.165, 1.54) is 29.6 Å². The summed E-state index contributed by atoms with van der Waals surface area (Å²) in [4.78, 5) is 0. The third-order valence-corrected chi connectivity index (χ3v) is 2.47. The highest BCUT2D eigenvalue weighted by Gasteiger charge is 2.11. The summed E-state index contributed by atoms with van der Waals surface area (Å²) in [5.41, 5.74) is 5.03. The smallest absolute Gasteiger partial charge is 0.134 e. The molecule has 0 aliphatic heterocycles. The van der Waals surface area contributed by atoms with E-state index in [1.807, 2.05) is 0 Å². The molecule has 0 saturated carbocycles. The van der Waals surface area contributed by atoms with E-state index in [0.29, 0.717) is 0 Å². The second-order valence-electron chi connectivity index (χ2n) is 3.67. The molecule has 0 saturated heterocycles. The molecule has 13 heavy (non-hydrogen) atoms. The van der Waals surface area contributed by atoms with Crippen molar-refractivity contribution in [2.24, 2.45) is 0 Å². The first-order valence-electron chi connectivity index (χ1n) is 5.18. The molecular formula is C12H16O. The first-order chi connectivity index (χ1) is 6.35. The zero-order chi connectivity index (χ0) is 9.26. The summed E-state index contributed by atoms with van der Waals surface area (Å²) < 4.78 is 5.65. The van der Waals surface area contributed by atoms with Crippen LogP contribution in [0, 0.1) is 0 Å². The molecule has 2 heterocycles. The van der Waals surface area contributed by atoms with E-state index in [2.05, 4.69) is 26.0 Å². The Morgan fingerprint density at radius 1 is 1.00 bits per heavy atom. The molecule has 0 aliphatic carbocycles. The van der Waals surface area contributed by atoms with Crippen molar-refractivity contribution in [1.29, 1.82) is 0 Å². The second kappa shape index (κ2) is 3.41. The fraction of sp³-hybridized carbons (Fsp3) is 0.500. The quantitative estimate of drug-likeness (QED) is 0.691. The molecule has 2 aromatic heterocycles. The Labute approximate surface area is 79.1 Å². The fourth-order valence-corrected chi connectivity index (χ4v) is 1.94. The lowest BCUT2D eigenvalue weighted by molar-refractivity contribution is 0.667. The van der Waals surface area contributed by atoms with Gasteiger partial charge in [0.1, 0.15) is 11.2 Å². The van der Waals surface area contributed by atoms with Gasteiger partial charge in [0, 0.05) is 0 Å². The van der Waals surface area contributed by atoms with E-state index < -0.39 is 0 Å². The van der Waals surface area contributed by atoms with Crippen LogP contribution >= 0.6 is 0 Å². The number of benzene rings is 1. The number of fused-ring (bicyclic) bond motifs is 2. The summed E-state index contributed by atoms with van der Waals surface area (Å²) in [6.45, 7) is 4.42. The van der Waals surface area contributed by atoms with E-state index in [4.69, 9.17) is 4.42 Å². The Morgan fingerprint density at radius 2 is 1.54 bits per heavy atom. The lowest BCUT2D eigenvalue weighted by Crippen LogP contribution is -1.86. The van der Waals surface area contributed by atoms with Crippen LogP contribution in [0.5, 0.6) is 0 Å². The molecular weight excluding hydrogens is 160 g/mol. The van der Waals surface area contributed by atoms with Crippen molar-refractivity contribution < 1.29 is 4.42 Å². The Balaban J connectivity index is 2.33. The second-order valence-corrected chi connectivity index (χ2v) is 3.67. The van der Waals surface area contributed by atoms with Crippen molar-refractivity contribution in [2.75, 3.05) is 0 Å². The van der Waals surface area contributed by atoms with Crippen molar-refractivity contribution in [3.8, 4) is 0 Å². The SMILES string of the molecule is CCCc1cc2cc(CCC)c1o2. The minimum atomic E-state index is 1.06. The highest BCUT2D eigenvalue weighted by atomic mass is 16.3. The summed E-state index contributed by atoms with van der Waals surface area (Å²) in [5.74, 6) is 0. The maximum Gasteiger partial charge on any atom is 0.134 e. The standard InChI is InChI=1S/C12H16O/c1-3-5-9-7-11-8-10(6-4-2)12(9)13-11/h7-8H,3-6H2,1-2H3. The van der Waals surface area contributed by atoms with Crippen LogP contribution in [-0.2, 0) is 12.8 Å².